The maximum absolute atomic E-state index is 13.1. The first-order chi connectivity index (χ1) is 17.5. The molecule has 37 heavy (non-hydrogen) atoms. The number of phosphoric ester groups is 1. The quantitative estimate of drug-likeness (QED) is 0.336. The molecule has 2 N–H and O–H groups in total. The fraction of sp³-hybridized carbons (Fsp3) is 0.292. The number of hydrogen-bond donors (Lipinski definition) is 2. The topological polar surface area (TPSA) is 129 Å². The molecule has 2 bridgehead atoms. The Morgan fingerprint density at radius 2 is 1.92 bits per heavy atom. The van der Waals surface area contributed by atoms with Gasteiger partial charge in [0.05, 0.1) is 22.6 Å². The number of halogens is 2. The second kappa shape index (κ2) is 8.29. The second-order valence-electron chi connectivity index (χ2n) is 9.34. The molecule has 4 heterocycles. The fourth-order valence-electron chi connectivity index (χ4n) is 5.04. The molecule has 0 aliphatic carbocycles. The average molecular weight is 530 g/mol. The number of alkyl halides is 2. The van der Waals surface area contributed by atoms with E-state index in [0.29, 0.717) is 29.1 Å². The smallest absolute Gasteiger partial charge is 0.470 e. The molecule has 2 atom stereocenters. The van der Waals surface area contributed by atoms with E-state index in [1.165, 1.54) is 19.9 Å². The van der Waals surface area contributed by atoms with E-state index in [2.05, 4.69) is 9.97 Å². The Morgan fingerprint density at radius 3 is 2.62 bits per heavy atom. The van der Waals surface area contributed by atoms with Crippen molar-refractivity contribution in [1.82, 2.24) is 19.5 Å². The minimum atomic E-state index is -4.75. The maximum Gasteiger partial charge on any atom is 0.470 e. The minimum Gasteiger partial charge on any atom is -0.482 e. The zero-order chi connectivity index (χ0) is 26.1. The molecule has 0 amide bonds. The lowest BCUT2D eigenvalue weighted by atomic mass is 9.98. The van der Waals surface area contributed by atoms with Crippen LogP contribution < -0.4 is 9.47 Å². The van der Waals surface area contributed by atoms with E-state index < -0.39 is 20.0 Å². The molecule has 2 aliphatic rings. The zero-order valence-corrected chi connectivity index (χ0v) is 20.5. The summed E-state index contributed by atoms with van der Waals surface area (Å²) in [6, 6.07) is 10.2. The molecule has 6 rings (SSSR count). The Kier molecular flexibility index (Phi) is 5.36. The van der Waals surface area contributed by atoms with Gasteiger partial charge in [0, 0.05) is 24.4 Å². The number of imidazole rings is 1. The molecule has 2 aliphatic heterocycles. The predicted octanol–water partition coefficient (Wildman–Crippen LogP) is 4.87. The molecule has 0 saturated carbocycles. The number of ether oxygens (including phenoxy) is 2. The van der Waals surface area contributed by atoms with Crippen LogP contribution in [0.15, 0.2) is 48.8 Å². The lowest BCUT2D eigenvalue weighted by Crippen LogP contribution is -2.23. The molecule has 0 saturated heterocycles. The Hall–Kier alpha value is -3.44. The lowest BCUT2D eigenvalue weighted by molar-refractivity contribution is -0.0511. The molecular weight excluding hydrogens is 509 g/mol. The Morgan fingerprint density at radius 1 is 1.16 bits per heavy atom. The van der Waals surface area contributed by atoms with E-state index in [-0.39, 0.29) is 23.7 Å². The molecule has 2 aromatic heterocycles. The second-order valence-corrected chi connectivity index (χ2v) is 10.5. The van der Waals surface area contributed by atoms with Crippen LogP contribution in [0.4, 0.5) is 8.78 Å². The third-order valence-electron chi connectivity index (χ3n) is 6.47. The van der Waals surface area contributed by atoms with Crippen molar-refractivity contribution in [3.63, 3.8) is 0 Å². The SMILES string of the molecule is CC(C)(OP(=O)(O)O)c1ncc(-c2ccc3nc4n(c3c2)[C@@H]2C[C@H]4Oc3cccc(OC(F)F)c32)cn1. The van der Waals surface area contributed by atoms with E-state index >= 15 is 0 Å². The summed E-state index contributed by atoms with van der Waals surface area (Å²) >= 11 is 0. The van der Waals surface area contributed by atoms with Crippen LogP contribution in [0.2, 0.25) is 0 Å². The van der Waals surface area contributed by atoms with Crippen molar-refractivity contribution in [3.8, 4) is 22.6 Å². The summed E-state index contributed by atoms with van der Waals surface area (Å²) < 4.78 is 55.2. The summed E-state index contributed by atoms with van der Waals surface area (Å²) in [6.07, 6.45) is 3.32. The van der Waals surface area contributed by atoms with E-state index in [1.807, 2.05) is 22.8 Å². The number of rotatable bonds is 6. The van der Waals surface area contributed by atoms with Crippen molar-refractivity contribution >= 4 is 18.9 Å². The molecule has 10 nitrogen and oxygen atoms in total. The normalized spacial score (nSPS) is 18.6. The van der Waals surface area contributed by atoms with Crippen LogP contribution in [-0.2, 0) is 14.7 Å². The predicted molar refractivity (Wildman–Crippen MR) is 126 cm³/mol. The van der Waals surface area contributed by atoms with Crippen LogP contribution in [-0.4, -0.2) is 35.9 Å². The number of nitrogens with zero attached hydrogens (tertiary/aromatic N) is 4. The van der Waals surface area contributed by atoms with Crippen molar-refractivity contribution in [1.29, 1.82) is 0 Å². The molecule has 0 unspecified atom stereocenters. The van der Waals surface area contributed by atoms with Gasteiger partial charge in [-0.05, 0) is 43.7 Å². The van der Waals surface area contributed by atoms with Crippen LogP contribution in [0, 0.1) is 0 Å². The third kappa shape index (κ3) is 4.15. The number of phosphoric acid groups is 1. The van der Waals surface area contributed by atoms with E-state index in [1.54, 1.807) is 24.5 Å². The first-order valence-electron chi connectivity index (χ1n) is 11.4. The van der Waals surface area contributed by atoms with E-state index in [9.17, 15) is 13.3 Å². The van der Waals surface area contributed by atoms with Gasteiger partial charge in [-0.25, -0.2) is 19.5 Å². The average Bonchev–Trinajstić information content (AvgIpc) is 3.32. The summed E-state index contributed by atoms with van der Waals surface area (Å²) in [6.45, 7) is -0.0319. The van der Waals surface area contributed by atoms with Crippen LogP contribution in [0.1, 0.15) is 49.6 Å². The fourth-order valence-corrected chi connectivity index (χ4v) is 5.72. The van der Waals surface area contributed by atoms with Gasteiger partial charge in [-0.1, -0.05) is 12.1 Å². The monoisotopic (exact) mass is 530 g/mol. The van der Waals surface area contributed by atoms with Gasteiger partial charge in [0.15, 0.2) is 17.8 Å². The van der Waals surface area contributed by atoms with Crippen molar-refractivity contribution in [2.75, 3.05) is 0 Å². The number of benzene rings is 2. The molecule has 0 radical (unpaired) electrons. The van der Waals surface area contributed by atoms with Gasteiger partial charge >= 0.3 is 14.4 Å². The van der Waals surface area contributed by atoms with Gasteiger partial charge in [0.2, 0.25) is 0 Å². The molecular formula is C24H21F2N4O6P. The largest absolute Gasteiger partial charge is 0.482 e. The van der Waals surface area contributed by atoms with Crippen molar-refractivity contribution in [3.05, 3.63) is 66.0 Å². The number of aromatic nitrogens is 4. The van der Waals surface area contributed by atoms with Gasteiger partial charge in [0.1, 0.15) is 17.1 Å². The van der Waals surface area contributed by atoms with Crippen LogP contribution in [0.5, 0.6) is 11.5 Å². The van der Waals surface area contributed by atoms with E-state index in [0.717, 1.165) is 16.6 Å². The highest BCUT2D eigenvalue weighted by atomic mass is 31.2. The summed E-state index contributed by atoms with van der Waals surface area (Å²) in [5.41, 5.74) is 2.10. The van der Waals surface area contributed by atoms with Gasteiger partial charge in [-0.3, -0.25) is 4.52 Å². The van der Waals surface area contributed by atoms with Gasteiger partial charge in [-0.2, -0.15) is 8.78 Å². The molecule has 192 valence electrons. The highest BCUT2D eigenvalue weighted by molar-refractivity contribution is 7.46. The van der Waals surface area contributed by atoms with Crippen LogP contribution >= 0.6 is 7.82 Å². The number of hydrogen-bond acceptors (Lipinski definition) is 7. The van der Waals surface area contributed by atoms with Gasteiger partial charge in [-0.15, -0.1) is 0 Å². The van der Waals surface area contributed by atoms with Crippen molar-refractivity contribution in [2.24, 2.45) is 0 Å². The highest BCUT2D eigenvalue weighted by Crippen LogP contribution is 2.53. The standard InChI is InChI=1S/C24H21F2N4O6P/c1-24(2,36-37(31,32)33)22-27-10-13(11-28-22)12-6-7-14-15(8-12)30-16-9-19(21(30)29-14)34-17-4-3-5-18(20(16)17)35-23(25)26/h3-8,10-11,16,19,23H,9H2,1-2H3,(H2,31,32,33)/t16-,19-/m1/s1. The maximum atomic E-state index is 13.1. The minimum absolute atomic E-state index is 0.0749. The first-order valence-corrected chi connectivity index (χ1v) is 12.9. The molecule has 4 aromatic rings. The Balaban J connectivity index is 1.39. The van der Waals surface area contributed by atoms with Crippen molar-refractivity contribution in [2.45, 2.75) is 44.6 Å². The van der Waals surface area contributed by atoms with Crippen LogP contribution in [0.25, 0.3) is 22.2 Å². The third-order valence-corrected chi connectivity index (χ3v) is 7.16. The molecule has 2 aromatic carbocycles. The lowest BCUT2D eigenvalue weighted by Gasteiger charge is -2.26. The Labute approximate surface area is 209 Å². The molecule has 13 heteroatoms. The first kappa shape index (κ1) is 23.9. The molecule has 0 spiro atoms. The zero-order valence-electron chi connectivity index (χ0n) is 19.6. The van der Waals surface area contributed by atoms with Crippen LogP contribution in [0.3, 0.4) is 0 Å². The summed E-state index contributed by atoms with van der Waals surface area (Å²) in [7, 11) is -4.75. The number of fused-ring (bicyclic) bond motifs is 9. The van der Waals surface area contributed by atoms with Gasteiger partial charge < -0.3 is 23.8 Å². The highest BCUT2D eigenvalue weighted by Gasteiger charge is 2.43. The summed E-state index contributed by atoms with van der Waals surface area (Å²) in [5, 5.41) is 0. The van der Waals surface area contributed by atoms with E-state index in [4.69, 9.17) is 28.8 Å². The summed E-state index contributed by atoms with van der Waals surface area (Å²) in [4.78, 5) is 31.6. The Bertz CT molecular complexity index is 1570. The summed E-state index contributed by atoms with van der Waals surface area (Å²) in [5.74, 6) is 1.39. The molecule has 0 fully saturated rings. The van der Waals surface area contributed by atoms with Gasteiger partial charge in [0.25, 0.3) is 0 Å². The van der Waals surface area contributed by atoms with Crippen molar-refractivity contribution < 1.29 is 37.1 Å².